The van der Waals surface area contributed by atoms with Crippen LogP contribution in [0, 0.1) is 0 Å². The molecule has 0 aromatic heterocycles. The van der Waals surface area contributed by atoms with Crippen molar-refractivity contribution in [1.82, 2.24) is 0 Å². The van der Waals surface area contributed by atoms with Crippen LogP contribution in [0.4, 0.5) is 4.39 Å². The zero-order valence-electron chi connectivity index (χ0n) is 12.8. The molecule has 0 saturated heterocycles. The predicted octanol–water partition coefficient (Wildman–Crippen LogP) is 8.25. The van der Waals surface area contributed by atoms with Gasteiger partial charge in [-0.3, -0.25) is 0 Å². The Bertz CT molecular complexity index is 881. The summed E-state index contributed by atoms with van der Waals surface area (Å²) < 4.78 is 14.8. The van der Waals surface area contributed by atoms with Crippen LogP contribution < -0.4 is 0 Å². The highest BCUT2D eigenvalue weighted by atomic mass is 35.5. The minimum absolute atomic E-state index is 0.189. The normalized spacial score (nSPS) is 15.2. The minimum atomic E-state index is -0.189. The molecule has 0 radical (unpaired) electrons. The second-order valence-electron chi connectivity index (χ2n) is 5.69. The molecule has 0 heterocycles. The lowest BCUT2D eigenvalue weighted by Gasteiger charge is -2.23. The second kappa shape index (κ2) is 7.09. The molecule has 0 spiro atoms. The van der Waals surface area contributed by atoms with Crippen molar-refractivity contribution in [3.8, 4) is 0 Å². The standard InChI is InChI=1S/C19H13Cl4F/c1-10-2-7-17(24)19(13-5-4-12(20)9-15(13)22)18(10)11-3-6-14(21)16(23)8-11/h3-6,8-9H,2,7H2,1H3. The van der Waals surface area contributed by atoms with Gasteiger partial charge in [-0.25, -0.2) is 4.39 Å². The quantitative estimate of drug-likeness (QED) is 0.475. The molecule has 0 bridgehead atoms. The van der Waals surface area contributed by atoms with Gasteiger partial charge in [0.2, 0.25) is 0 Å². The molecule has 2 aromatic rings. The molecule has 5 heteroatoms. The second-order valence-corrected chi connectivity index (χ2v) is 7.35. The summed E-state index contributed by atoms with van der Waals surface area (Å²) in [4.78, 5) is 0. The summed E-state index contributed by atoms with van der Waals surface area (Å²) in [6, 6.07) is 10.4. The minimum Gasteiger partial charge on any atom is -0.211 e. The van der Waals surface area contributed by atoms with Crippen molar-refractivity contribution in [1.29, 1.82) is 0 Å². The molecule has 124 valence electrons. The highest BCUT2D eigenvalue weighted by molar-refractivity contribution is 6.42. The Morgan fingerprint density at radius 3 is 2.21 bits per heavy atom. The fourth-order valence-corrected chi connectivity index (χ4v) is 3.71. The van der Waals surface area contributed by atoms with Crippen LogP contribution in [0.5, 0.6) is 0 Å². The van der Waals surface area contributed by atoms with Gasteiger partial charge >= 0.3 is 0 Å². The number of rotatable bonds is 2. The highest BCUT2D eigenvalue weighted by Crippen LogP contribution is 2.45. The van der Waals surface area contributed by atoms with Crippen molar-refractivity contribution >= 4 is 57.5 Å². The Morgan fingerprint density at radius 2 is 1.54 bits per heavy atom. The number of hydrogen-bond acceptors (Lipinski definition) is 0. The van der Waals surface area contributed by atoms with E-state index >= 15 is 0 Å². The van der Waals surface area contributed by atoms with Crippen LogP contribution in [0.1, 0.15) is 30.9 Å². The Kier molecular flexibility index (Phi) is 5.27. The van der Waals surface area contributed by atoms with Crippen LogP contribution >= 0.6 is 46.4 Å². The molecule has 24 heavy (non-hydrogen) atoms. The molecule has 3 rings (SSSR count). The first-order chi connectivity index (χ1) is 11.4. The first-order valence-electron chi connectivity index (χ1n) is 7.38. The van der Waals surface area contributed by atoms with Crippen molar-refractivity contribution < 1.29 is 4.39 Å². The average molecular weight is 402 g/mol. The topological polar surface area (TPSA) is 0 Å². The van der Waals surface area contributed by atoms with Crippen LogP contribution in [0.3, 0.4) is 0 Å². The van der Waals surface area contributed by atoms with Gasteiger partial charge in [0.15, 0.2) is 0 Å². The maximum absolute atomic E-state index is 14.8. The molecule has 0 unspecified atom stereocenters. The lowest BCUT2D eigenvalue weighted by molar-refractivity contribution is 0.588. The van der Waals surface area contributed by atoms with Crippen LogP contribution in [0.15, 0.2) is 47.8 Å². The van der Waals surface area contributed by atoms with Crippen LogP contribution in [0.25, 0.3) is 11.1 Å². The van der Waals surface area contributed by atoms with Crippen molar-refractivity contribution in [2.24, 2.45) is 0 Å². The largest absolute Gasteiger partial charge is 0.211 e. The van der Waals surface area contributed by atoms with Crippen LogP contribution in [0.2, 0.25) is 20.1 Å². The van der Waals surface area contributed by atoms with E-state index in [2.05, 4.69) is 0 Å². The zero-order valence-corrected chi connectivity index (χ0v) is 15.8. The van der Waals surface area contributed by atoms with Crippen molar-refractivity contribution in [3.05, 3.63) is 79.0 Å². The van der Waals surface area contributed by atoms with Gasteiger partial charge in [-0.2, -0.15) is 0 Å². The highest BCUT2D eigenvalue weighted by Gasteiger charge is 2.24. The van der Waals surface area contributed by atoms with E-state index in [1.807, 2.05) is 13.0 Å². The molecular weight excluding hydrogens is 389 g/mol. The van der Waals surface area contributed by atoms with E-state index in [4.69, 9.17) is 46.4 Å². The zero-order chi connectivity index (χ0) is 17.4. The molecule has 0 N–H and O–H groups in total. The van der Waals surface area contributed by atoms with Gasteiger partial charge in [0, 0.05) is 27.6 Å². The average Bonchev–Trinajstić information content (AvgIpc) is 2.53. The van der Waals surface area contributed by atoms with Crippen molar-refractivity contribution in [2.45, 2.75) is 19.8 Å². The molecule has 0 atom stereocenters. The molecule has 0 amide bonds. The maximum Gasteiger partial charge on any atom is 0.109 e. The third-order valence-corrected chi connectivity index (χ3v) is 5.36. The smallest absolute Gasteiger partial charge is 0.109 e. The van der Waals surface area contributed by atoms with Gasteiger partial charge < -0.3 is 0 Å². The number of allylic oxidation sites excluding steroid dienone is 4. The summed E-state index contributed by atoms with van der Waals surface area (Å²) >= 11 is 24.5. The summed E-state index contributed by atoms with van der Waals surface area (Å²) in [6.07, 6.45) is 1.00. The first kappa shape index (κ1) is 17.8. The lowest BCUT2D eigenvalue weighted by Crippen LogP contribution is -2.03. The van der Waals surface area contributed by atoms with E-state index in [1.54, 1.807) is 30.3 Å². The predicted molar refractivity (Wildman–Crippen MR) is 103 cm³/mol. The summed E-state index contributed by atoms with van der Waals surface area (Å²) in [5.74, 6) is -0.189. The Balaban J connectivity index is 2.23. The molecule has 0 aliphatic heterocycles. The Morgan fingerprint density at radius 1 is 0.792 bits per heavy atom. The Hall–Kier alpha value is -0.990. The van der Waals surface area contributed by atoms with Crippen LogP contribution in [-0.4, -0.2) is 0 Å². The molecule has 1 aliphatic carbocycles. The lowest BCUT2D eigenvalue weighted by atomic mass is 9.83. The Labute approximate surface area is 160 Å². The molecule has 1 aliphatic rings. The van der Waals surface area contributed by atoms with Crippen molar-refractivity contribution in [3.63, 3.8) is 0 Å². The summed E-state index contributed by atoms with van der Waals surface area (Å²) in [5, 5.41) is 1.82. The first-order valence-corrected chi connectivity index (χ1v) is 8.89. The van der Waals surface area contributed by atoms with E-state index in [0.717, 1.165) is 16.7 Å². The molecule has 0 nitrogen and oxygen atoms in total. The number of benzene rings is 2. The van der Waals surface area contributed by atoms with E-state index in [9.17, 15) is 4.39 Å². The molecule has 0 fully saturated rings. The maximum atomic E-state index is 14.8. The third kappa shape index (κ3) is 3.36. The monoisotopic (exact) mass is 400 g/mol. The van der Waals surface area contributed by atoms with Gasteiger partial charge in [-0.05, 0) is 48.7 Å². The fourth-order valence-electron chi connectivity index (χ4n) is 2.91. The van der Waals surface area contributed by atoms with Gasteiger partial charge in [-0.15, -0.1) is 0 Å². The molecule has 2 aromatic carbocycles. The summed E-state index contributed by atoms with van der Waals surface area (Å²) in [6.45, 7) is 1.99. The van der Waals surface area contributed by atoms with Gasteiger partial charge in [0.1, 0.15) is 5.83 Å². The van der Waals surface area contributed by atoms with E-state index in [-0.39, 0.29) is 5.83 Å². The fraction of sp³-hybridized carbons (Fsp3) is 0.158. The van der Waals surface area contributed by atoms with E-state index in [0.29, 0.717) is 44.1 Å². The SMILES string of the molecule is CC1=C(c2ccc(Cl)c(Cl)c2)C(c2ccc(Cl)cc2Cl)=C(F)CC1. The third-order valence-electron chi connectivity index (χ3n) is 4.08. The number of halogens is 5. The van der Waals surface area contributed by atoms with Gasteiger partial charge in [-0.1, -0.05) is 64.1 Å². The number of hydrogen-bond donors (Lipinski definition) is 0. The van der Waals surface area contributed by atoms with Crippen LogP contribution in [-0.2, 0) is 0 Å². The van der Waals surface area contributed by atoms with E-state index < -0.39 is 0 Å². The van der Waals surface area contributed by atoms with Gasteiger partial charge in [0.25, 0.3) is 0 Å². The van der Waals surface area contributed by atoms with E-state index in [1.165, 1.54) is 0 Å². The summed E-state index contributed by atoms with van der Waals surface area (Å²) in [7, 11) is 0. The van der Waals surface area contributed by atoms with Crippen molar-refractivity contribution in [2.75, 3.05) is 0 Å². The molecule has 0 saturated carbocycles. The van der Waals surface area contributed by atoms with Gasteiger partial charge in [0.05, 0.1) is 10.0 Å². The summed E-state index contributed by atoms with van der Waals surface area (Å²) in [5.41, 5.74) is 3.83. The molecular formula is C19H13Cl4F.